The number of nitriles is 1. The van der Waals surface area contributed by atoms with Gasteiger partial charge < -0.3 is 24.2 Å². The molecule has 6 rings (SSSR count). The van der Waals surface area contributed by atoms with E-state index in [1.165, 1.54) is 11.1 Å². The second-order valence-corrected chi connectivity index (χ2v) is 13.4. The van der Waals surface area contributed by atoms with E-state index in [2.05, 4.69) is 52.1 Å². The summed E-state index contributed by atoms with van der Waals surface area (Å²) in [5.74, 6) is 1.41. The van der Waals surface area contributed by atoms with Gasteiger partial charge in [0.25, 0.3) is 0 Å². The minimum Gasteiger partial charge on any atom is -0.475 e. The lowest BCUT2D eigenvalue weighted by molar-refractivity contribution is 0.0209. The van der Waals surface area contributed by atoms with Crippen molar-refractivity contribution >= 4 is 11.9 Å². The normalized spacial score (nSPS) is 24.4. The SMILES string of the molecule is CN1CCC[C@H]1COc1nc(N2[C@@H]3CC[C@H]2CN(C(=O)OC(C)(C)C)C3)c2c(c1C#N)CN(Cc1ccccc1)CC2. The molecule has 2 bridgehead atoms. The Labute approximate surface area is 250 Å². The van der Waals surface area contributed by atoms with E-state index >= 15 is 0 Å². The van der Waals surface area contributed by atoms with Gasteiger partial charge in [0.2, 0.25) is 5.88 Å². The van der Waals surface area contributed by atoms with Gasteiger partial charge in [0.05, 0.1) is 0 Å². The molecule has 4 aliphatic rings. The van der Waals surface area contributed by atoms with Gasteiger partial charge in [0.15, 0.2) is 0 Å². The molecular weight excluding hydrogens is 528 g/mol. The number of anilines is 1. The minimum absolute atomic E-state index is 0.164. The number of hydrogen-bond donors (Lipinski definition) is 0. The van der Waals surface area contributed by atoms with Gasteiger partial charge in [0.1, 0.15) is 29.7 Å². The Morgan fingerprint density at radius 3 is 2.45 bits per heavy atom. The average molecular weight is 573 g/mol. The summed E-state index contributed by atoms with van der Waals surface area (Å²) in [4.78, 5) is 27.2. The van der Waals surface area contributed by atoms with Crippen LogP contribution in [0.1, 0.15) is 68.7 Å². The van der Waals surface area contributed by atoms with E-state index < -0.39 is 5.60 Å². The molecule has 9 heteroatoms. The zero-order valence-corrected chi connectivity index (χ0v) is 25.5. The number of rotatable bonds is 6. The standard InChI is InChI=1S/C33H44N6O3/c1-33(2,3)42-32(40)38-19-24-12-13-25(20-38)39(24)30-27-14-16-37(18-23-9-6-5-7-10-23)21-29(27)28(17-34)31(35-30)41-22-26-11-8-15-36(26)4/h5-7,9-10,24-26H,8,11-16,18-22H2,1-4H3/t24-,25+,26-/m0/s1. The van der Waals surface area contributed by atoms with E-state index in [4.69, 9.17) is 14.5 Å². The summed E-state index contributed by atoms with van der Waals surface area (Å²) in [7, 11) is 2.14. The molecule has 0 radical (unpaired) electrons. The average Bonchev–Trinajstić information content (AvgIpc) is 3.48. The van der Waals surface area contributed by atoms with Crippen LogP contribution in [0.25, 0.3) is 0 Å². The lowest BCUT2D eigenvalue weighted by Crippen LogP contribution is -2.56. The molecule has 3 saturated heterocycles. The second kappa shape index (κ2) is 11.7. The molecule has 0 saturated carbocycles. The second-order valence-electron chi connectivity index (χ2n) is 13.4. The molecule has 0 N–H and O–H groups in total. The van der Waals surface area contributed by atoms with Crippen LogP contribution in [0.4, 0.5) is 10.6 Å². The number of pyridine rings is 1. The summed E-state index contributed by atoms with van der Waals surface area (Å²) in [5, 5.41) is 10.4. The molecular formula is C33H44N6O3. The first kappa shape index (κ1) is 28.8. The van der Waals surface area contributed by atoms with Crippen molar-refractivity contribution in [3.05, 3.63) is 52.6 Å². The molecule has 0 aliphatic carbocycles. The molecule has 1 amide bonds. The first-order valence-corrected chi connectivity index (χ1v) is 15.5. The molecule has 42 heavy (non-hydrogen) atoms. The maximum absolute atomic E-state index is 13.0. The smallest absolute Gasteiger partial charge is 0.410 e. The first-order chi connectivity index (χ1) is 20.2. The topological polar surface area (TPSA) is 85.2 Å². The van der Waals surface area contributed by atoms with Gasteiger partial charge in [-0.1, -0.05) is 30.3 Å². The van der Waals surface area contributed by atoms with Gasteiger partial charge in [-0.3, -0.25) is 4.90 Å². The van der Waals surface area contributed by atoms with Crippen LogP contribution in [0, 0.1) is 11.3 Å². The lowest BCUT2D eigenvalue weighted by Gasteiger charge is -2.43. The van der Waals surface area contributed by atoms with Crippen molar-refractivity contribution in [2.45, 2.75) is 89.7 Å². The number of aromatic nitrogens is 1. The Balaban J connectivity index is 1.31. The molecule has 5 heterocycles. The number of likely N-dealkylation sites (N-methyl/N-ethyl adjacent to an activating group) is 1. The monoisotopic (exact) mass is 572 g/mol. The van der Waals surface area contributed by atoms with Crippen LogP contribution in [0.3, 0.4) is 0 Å². The predicted molar refractivity (Wildman–Crippen MR) is 161 cm³/mol. The third kappa shape index (κ3) is 5.93. The Hall–Kier alpha value is -3.35. The highest BCUT2D eigenvalue weighted by Crippen LogP contribution is 2.41. The number of likely N-dealkylation sites (tertiary alicyclic amines) is 2. The number of nitrogens with zero attached hydrogens (tertiary/aromatic N) is 6. The van der Waals surface area contributed by atoms with Gasteiger partial charge in [-0.2, -0.15) is 10.2 Å². The van der Waals surface area contributed by atoms with Crippen molar-refractivity contribution in [2.75, 3.05) is 44.7 Å². The van der Waals surface area contributed by atoms with Gasteiger partial charge in [-0.15, -0.1) is 0 Å². The van der Waals surface area contributed by atoms with Crippen LogP contribution in [0.15, 0.2) is 30.3 Å². The van der Waals surface area contributed by atoms with E-state index in [1.807, 2.05) is 31.7 Å². The minimum atomic E-state index is -0.522. The summed E-state index contributed by atoms with van der Waals surface area (Å²) >= 11 is 0. The number of carbonyl (C=O) groups is 1. The van der Waals surface area contributed by atoms with E-state index in [0.29, 0.717) is 43.7 Å². The quantitative estimate of drug-likeness (QED) is 0.498. The molecule has 4 aliphatic heterocycles. The summed E-state index contributed by atoms with van der Waals surface area (Å²) in [6, 6.07) is 13.7. The molecule has 0 unspecified atom stereocenters. The van der Waals surface area contributed by atoms with E-state index in [9.17, 15) is 10.1 Å². The highest BCUT2D eigenvalue weighted by atomic mass is 16.6. The third-order valence-corrected chi connectivity index (χ3v) is 9.24. The summed E-state index contributed by atoms with van der Waals surface area (Å²) < 4.78 is 12.2. The van der Waals surface area contributed by atoms with E-state index in [1.54, 1.807) is 0 Å². The van der Waals surface area contributed by atoms with Crippen molar-refractivity contribution in [1.82, 2.24) is 19.7 Å². The van der Waals surface area contributed by atoms with E-state index in [0.717, 1.165) is 63.1 Å². The van der Waals surface area contributed by atoms with Crippen molar-refractivity contribution < 1.29 is 14.3 Å². The zero-order valence-electron chi connectivity index (χ0n) is 25.5. The van der Waals surface area contributed by atoms with Crippen LogP contribution < -0.4 is 9.64 Å². The fraction of sp³-hybridized carbons (Fsp3) is 0.606. The number of piperazine rings is 1. The largest absolute Gasteiger partial charge is 0.475 e. The predicted octanol–water partition coefficient (Wildman–Crippen LogP) is 4.57. The number of benzene rings is 1. The Morgan fingerprint density at radius 1 is 1.07 bits per heavy atom. The molecule has 1 aromatic carbocycles. The molecule has 0 spiro atoms. The van der Waals surface area contributed by atoms with Gasteiger partial charge >= 0.3 is 6.09 Å². The molecule has 9 nitrogen and oxygen atoms in total. The summed E-state index contributed by atoms with van der Waals surface area (Å²) in [6.07, 6.45) is 4.86. The van der Waals surface area contributed by atoms with Crippen LogP contribution >= 0.6 is 0 Å². The number of hydrogen-bond acceptors (Lipinski definition) is 8. The molecule has 3 fully saturated rings. The van der Waals surface area contributed by atoms with Gasteiger partial charge in [0, 0.05) is 56.4 Å². The maximum atomic E-state index is 13.0. The maximum Gasteiger partial charge on any atom is 0.410 e. The Morgan fingerprint density at radius 2 is 1.81 bits per heavy atom. The number of fused-ring (bicyclic) bond motifs is 3. The third-order valence-electron chi connectivity index (χ3n) is 9.24. The summed E-state index contributed by atoms with van der Waals surface area (Å²) in [6.45, 7) is 11.0. The van der Waals surface area contributed by atoms with Crippen LogP contribution in [-0.4, -0.2) is 89.3 Å². The van der Waals surface area contributed by atoms with Crippen molar-refractivity contribution in [2.24, 2.45) is 0 Å². The van der Waals surface area contributed by atoms with E-state index in [-0.39, 0.29) is 18.2 Å². The molecule has 1 aromatic heterocycles. The van der Waals surface area contributed by atoms with Gasteiger partial charge in [-0.25, -0.2) is 4.79 Å². The number of amides is 1. The highest BCUT2D eigenvalue weighted by Gasteiger charge is 2.45. The Kier molecular flexibility index (Phi) is 8.03. The van der Waals surface area contributed by atoms with Crippen molar-refractivity contribution in [1.29, 1.82) is 5.26 Å². The zero-order chi connectivity index (χ0) is 29.4. The Bertz CT molecular complexity index is 1320. The first-order valence-electron chi connectivity index (χ1n) is 15.5. The van der Waals surface area contributed by atoms with Crippen LogP contribution in [0.5, 0.6) is 5.88 Å². The highest BCUT2D eigenvalue weighted by molar-refractivity contribution is 5.70. The fourth-order valence-corrected chi connectivity index (χ4v) is 7.14. The lowest BCUT2D eigenvalue weighted by atomic mass is 9.94. The fourth-order valence-electron chi connectivity index (χ4n) is 7.14. The molecule has 224 valence electrons. The van der Waals surface area contributed by atoms with Crippen molar-refractivity contribution in [3.8, 4) is 11.9 Å². The number of carbonyl (C=O) groups excluding carboxylic acids is 1. The van der Waals surface area contributed by atoms with Gasteiger partial charge in [-0.05, 0) is 77.6 Å². The summed E-state index contributed by atoms with van der Waals surface area (Å²) in [5.41, 5.74) is 3.54. The van der Waals surface area contributed by atoms with Crippen LogP contribution in [-0.2, 0) is 24.2 Å². The number of ether oxygens (including phenoxy) is 2. The molecule has 2 aromatic rings. The molecule has 3 atom stereocenters. The van der Waals surface area contributed by atoms with Crippen LogP contribution in [0.2, 0.25) is 0 Å². The van der Waals surface area contributed by atoms with Crippen molar-refractivity contribution in [3.63, 3.8) is 0 Å².